The molecule has 1 aliphatic heterocycles. The second kappa shape index (κ2) is 10.7. The van der Waals surface area contributed by atoms with Gasteiger partial charge in [-0.25, -0.2) is 4.99 Å². The predicted molar refractivity (Wildman–Crippen MR) is 199 cm³/mol. The maximum Gasteiger partial charge on any atom is 0.216 e. The summed E-state index contributed by atoms with van der Waals surface area (Å²) in [5.74, 6) is 0.721. The molecule has 47 heavy (non-hydrogen) atoms. The predicted octanol–water partition coefficient (Wildman–Crippen LogP) is 11.9. The number of aliphatic imine (C=N–C) groups is 1. The summed E-state index contributed by atoms with van der Waals surface area (Å²) in [6.07, 6.45) is 0. The number of ether oxygens (including phenoxy) is 1. The summed E-state index contributed by atoms with van der Waals surface area (Å²) >= 11 is 0. The van der Waals surface area contributed by atoms with Gasteiger partial charge in [0.1, 0.15) is 6.61 Å². The van der Waals surface area contributed by atoms with Gasteiger partial charge in [-0.15, -0.1) is 0 Å². The van der Waals surface area contributed by atoms with Crippen molar-refractivity contribution in [1.29, 1.82) is 0 Å². The highest BCUT2D eigenvalue weighted by molar-refractivity contribution is 6.22. The lowest BCUT2D eigenvalue weighted by Crippen LogP contribution is -2.17. The second-order valence-electron chi connectivity index (χ2n) is 13.3. The summed E-state index contributed by atoms with van der Waals surface area (Å²) < 4.78 is 6.02. The fourth-order valence-electron chi connectivity index (χ4n) is 7.23. The third kappa shape index (κ3) is 4.76. The molecular weight excluding hydrogens is 571 g/mol. The van der Waals surface area contributed by atoms with Crippen molar-refractivity contribution in [3.8, 4) is 33.4 Å². The van der Waals surface area contributed by atoms with E-state index in [9.17, 15) is 0 Å². The van der Waals surface area contributed by atoms with Crippen LogP contribution < -0.4 is 0 Å². The molecular formula is C45H33NO. The molecule has 8 aromatic carbocycles. The Morgan fingerprint density at radius 1 is 0.426 bits per heavy atom. The third-order valence-corrected chi connectivity index (χ3v) is 9.51. The molecule has 0 aromatic heterocycles. The average Bonchev–Trinajstić information content (AvgIpc) is 3.49. The molecule has 0 radical (unpaired) electrons. The first kappa shape index (κ1) is 27.6. The quantitative estimate of drug-likeness (QED) is 0.183. The van der Waals surface area contributed by atoms with Crippen molar-refractivity contribution in [2.75, 3.05) is 6.61 Å². The molecule has 0 fully saturated rings. The zero-order chi connectivity index (χ0) is 31.5. The van der Waals surface area contributed by atoms with E-state index in [4.69, 9.17) is 9.73 Å². The van der Waals surface area contributed by atoms with Crippen LogP contribution in [0.3, 0.4) is 0 Å². The van der Waals surface area contributed by atoms with Crippen LogP contribution in [0.1, 0.15) is 19.4 Å². The van der Waals surface area contributed by atoms with Gasteiger partial charge >= 0.3 is 0 Å². The highest BCUT2D eigenvalue weighted by Crippen LogP contribution is 2.45. The second-order valence-corrected chi connectivity index (χ2v) is 13.3. The molecule has 0 bridgehead atoms. The van der Waals surface area contributed by atoms with E-state index < -0.39 is 0 Å². The Morgan fingerprint density at radius 2 is 0.936 bits per heavy atom. The van der Waals surface area contributed by atoms with Crippen LogP contribution in [-0.2, 0) is 4.74 Å². The lowest BCUT2D eigenvalue weighted by atomic mass is 9.84. The van der Waals surface area contributed by atoms with Gasteiger partial charge in [0.25, 0.3) is 0 Å². The molecule has 0 N–H and O–H groups in total. The Morgan fingerprint density at radius 3 is 1.55 bits per heavy atom. The molecule has 0 aliphatic carbocycles. The van der Waals surface area contributed by atoms with Gasteiger partial charge in [-0.1, -0.05) is 121 Å². The van der Waals surface area contributed by atoms with E-state index in [0.29, 0.717) is 6.61 Å². The summed E-state index contributed by atoms with van der Waals surface area (Å²) in [6.45, 7) is 4.82. The number of nitrogens with zero attached hydrogens (tertiary/aromatic N) is 1. The molecule has 0 spiro atoms. The molecule has 0 amide bonds. The summed E-state index contributed by atoms with van der Waals surface area (Å²) in [7, 11) is 0. The van der Waals surface area contributed by atoms with Crippen molar-refractivity contribution in [2.45, 2.75) is 19.4 Å². The molecule has 1 aliphatic rings. The van der Waals surface area contributed by atoms with Gasteiger partial charge < -0.3 is 4.74 Å². The number of hydrogen-bond donors (Lipinski definition) is 0. The van der Waals surface area contributed by atoms with Gasteiger partial charge in [-0.2, -0.15) is 0 Å². The van der Waals surface area contributed by atoms with Crippen molar-refractivity contribution >= 4 is 49.0 Å². The summed E-state index contributed by atoms with van der Waals surface area (Å²) in [5, 5.41) is 9.97. The molecule has 0 saturated heterocycles. The Balaban J connectivity index is 1.34. The SMILES string of the molecule is CC1(C)COC(c2cccc(-c3ccc4c(-c5ccc6ccccc6c5)c5ccccc5c(-c5ccc6ccccc6c5)c4c3)c2)=N1. The van der Waals surface area contributed by atoms with E-state index in [2.05, 4.69) is 166 Å². The van der Waals surface area contributed by atoms with E-state index in [-0.39, 0.29) is 5.54 Å². The van der Waals surface area contributed by atoms with Crippen LogP contribution in [0.15, 0.2) is 157 Å². The van der Waals surface area contributed by atoms with Crippen molar-refractivity contribution in [1.82, 2.24) is 0 Å². The largest absolute Gasteiger partial charge is 0.475 e. The summed E-state index contributed by atoms with van der Waals surface area (Å²) in [6, 6.07) is 55.5. The molecule has 0 unspecified atom stereocenters. The van der Waals surface area contributed by atoms with Crippen LogP contribution in [-0.4, -0.2) is 18.0 Å². The van der Waals surface area contributed by atoms with E-state index in [1.807, 2.05) is 0 Å². The van der Waals surface area contributed by atoms with Crippen LogP contribution in [0, 0.1) is 0 Å². The Bertz CT molecular complexity index is 2560. The van der Waals surface area contributed by atoms with E-state index in [1.165, 1.54) is 70.9 Å². The smallest absolute Gasteiger partial charge is 0.216 e. The minimum Gasteiger partial charge on any atom is -0.475 e. The zero-order valence-electron chi connectivity index (χ0n) is 26.5. The number of hydrogen-bond acceptors (Lipinski definition) is 2. The van der Waals surface area contributed by atoms with Gasteiger partial charge in [-0.3, -0.25) is 0 Å². The zero-order valence-corrected chi connectivity index (χ0v) is 26.5. The van der Waals surface area contributed by atoms with Gasteiger partial charge in [0, 0.05) is 5.56 Å². The molecule has 0 atom stereocenters. The molecule has 1 heterocycles. The van der Waals surface area contributed by atoms with Gasteiger partial charge in [0.05, 0.1) is 5.54 Å². The Hall–Kier alpha value is -5.73. The van der Waals surface area contributed by atoms with Crippen LogP contribution in [0.4, 0.5) is 0 Å². The van der Waals surface area contributed by atoms with Gasteiger partial charge in [0.2, 0.25) is 5.90 Å². The minimum absolute atomic E-state index is 0.205. The fourth-order valence-corrected chi connectivity index (χ4v) is 7.23. The first-order valence-corrected chi connectivity index (χ1v) is 16.3. The van der Waals surface area contributed by atoms with E-state index in [1.54, 1.807) is 0 Å². The maximum absolute atomic E-state index is 6.02. The van der Waals surface area contributed by atoms with Gasteiger partial charge in [-0.05, 0) is 121 Å². The molecule has 224 valence electrons. The number of fused-ring (bicyclic) bond motifs is 4. The Labute approximate surface area is 274 Å². The average molecular weight is 604 g/mol. The van der Waals surface area contributed by atoms with Crippen LogP contribution in [0.25, 0.3) is 76.5 Å². The van der Waals surface area contributed by atoms with E-state index >= 15 is 0 Å². The van der Waals surface area contributed by atoms with Crippen molar-refractivity contribution in [3.05, 3.63) is 157 Å². The molecule has 0 saturated carbocycles. The lowest BCUT2D eigenvalue weighted by molar-refractivity contribution is 0.279. The van der Waals surface area contributed by atoms with Crippen LogP contribution in [0.2, 0.25) is 0 Å². The topological polar surface area (TPSA) is 21.6 Å². The first-order valence-electron chi connectivity index (χ1n) is 16.3. The lowest BCUT2D eigenvalue weighted by Gasteiger charge is -2.19. The molecule has 8 aromatic rings. The van der Waals surface area contributed by atoms with Gasteiger partial charge in [0.15, 0.2) is 0 Å². The third-order valence-electron chi connectivity index (χ3n) is 9.51. The highest BCUT2D eigenvalue weighted by atomic mass is 16.5. The first-order chi connectivity index (χ1) is 23.0. The number of rotatable bonds is 4. The molecule has 2 nitrogen and oxygen atoms in total. The van der Waals surface area contributed by atoms with Crippen molar-refractivity contribution in [2.24, 2.45) is 4.99 Å². The van der Waals surface area contributed by atoms with Crippen molar-refractivity contribution < 1.29 is 4.74 Å². The normalized spacial score (nSPS) is 14.1. The number of benzene rings is 8. The summed E-state index contributed by atoms with van der Waals surface area (Å²) in [4.78, 5) is 4.85. The summed E-state index contributed by atoms with van der Waals surface area (Å²) in [5.41, 5.74) is 8.09. The van der Waals surface area contributed by atoms with Crippen LogP contribution >= 0.6 is 0 Å². The monoisotopic (exact) mass is 603 g/mol. The standard InChI is InChI=1S/C45H33NO/c1-45(2)28-47-44(46-45)37-15-9-14-33(26-37)34-22-23-40-41(27-34)43(36-21-19-30-11-4-6-13-32(30)25-36)39-17-8-7-16-38(39)42(40)35-20-18-29-10-3-5-12-31(29)24-35/h3-27H,28H2,1-2H3. The van der Waals surface area contributed by atoms with E-state index in [0.717, 1.165) is 17.0 Å². The molecule has 2 heteroatoms. The minimum atomic E-state index is -0.205. The van der Waals surface area contributed by atoms with Crippen molar-refractivity contribution in [3.63, 3.8) is 0 Å². The highest BCUT2D eigenvalue weighted by Gasteiger charge is 2.27. The maximum atomic E-state index is 6.02. The Kier molecular flexibility index (Phi) is 6.26. The molecule has 9 rings (SSSR count). The fraction of sp³-hybridized carbons (Fsp3) is 0.0889. The van der Waals surface area contributed by atoms with Crippen LogP contribution in [0.5, 0.6) is 0 Å².